The summed E-state index contributed by atoms with van der Waals surface area (Å²) in [5.41, 5.74) is 1.37. The fourth-order valence-electron chi connectivity index (χ4n) is 1.42. The van der Waals surface area contributed by atoms with E-state index in [1.54, 1.807) is 12.3 Å². The minimum absolute atomic E-state index is 0.0300. The molecule has 76 valence electrons. The molecule has 0 aliphatic carbocycles. The Labute approximate surface area is 87.8 Å². The summed E-state index contributed by atoms with van der Waals surface area (Å²) in [6.45, 7) is 1.84. The normalized spacial score (nSPS) is 12.3. The molecule has 2 aromatic heterocycles. The quantitative estimate of drug-likeness (QED) is 0.717. The van der Waals surface area contributed by atoms with Gasteiger partial charge in [0.05, 0.1) is 23.4 Å². The van der Waals surface area contributed by atoms with Crippen molar-refractivity contribution in [3.05, 3.63) is 54.2 Å². The molecule has 1 atom stereocenters. The average Bonchev–Trinajstić information content (AvgIpc) is 2.82. The van der Waals surface area contributed by atoms with E-state index >= 15 is 0 Å². The van der Waals surface area contributed by atoms with Crippen LogP contribution < -0.4 is 0 Å². The van der Waals surface area contributed by atoms with Gasteiger partial charge in [-0.25, -0.2) is 0 Å². The maximum atomic E-state index is 11.9. The number of hydrogen-bond acceptors (Lipinski definition) is 3. The lowest BCUT2D eigenvalue weighted by atomic mass is 9.98. The van der Waals surface area contributed by atoms with Crippen molar-refractivity contribution in [3.8, 4) is 0 Å². The number of rotatable bonds is 3. The first-order valence-electron chi connectivity index (χ1n) is 4.76. The number of furan rings is 1. The Balaban J connectivity index is 2.23. The van der Waals surface area contributed by atoms with E-state index in [0.29, 0.717) is 5.56 Å². The molecule has 1 unspecified atom stereocenters. The standard InChI is InChI=1S/C12H11NO2/c1-9(11-4-2-3-6-13-11)12(14)10-5-7-15-8-10/h2-9H,1H3. The molecule has 0 saturated carbocycles. The van der Waals surface area contributed by atoms with Gasteiger partial charge in [-0.3, -0.25) is 9.78 Å². The Kier molecular flexibility index (Phi) is 2.63. The van der Waals surface area contributed by atoms with Crippen molar-refractivity contribution in [2.75, 3.05) is 0 Å². The van der Waals surface area contributed by atoms with Crippen LogP contribution in [0.2, 0.25) is 0 Å². The number of nitrogens with zero attached hydrogens (tertiary/aromatic N) is 1. The van der Waals surface area contributed by atoms with Crippen molar-refractivity contribution in [1.29, 1.82) is 0 Å². The van der Waals surface area contributed by atoms with Crippen LogP contribution in [0.3, 0.4) is 0 Å². The van der Waals surface area contributed by atoms with E-state index in [2.05, 4.69) is 4.98 Å². The van der Waals surface area contributed by atoms with Crippen LogP contribution in [-0.4, -0.2) is 10.8 Å². The monoisotopic (exact) mass is 201 g/mol. The smallest absolute Gasteiger partial charge is 0.174 e. The first-order chi connectivity index (χ1) is 7.29. The highest BCUT2D eigenvalue weighted by Crippen LogP contribution is 2.18. The molecule has 0 spiro atoms. The molecule has 0 saturated heterocycles. The second-order valence-corrected chi connectivity index (χ2v) is 3.35. The number of Topliss-reactive ketones (excluding diaryl/α,β-unsaturated/α-hetero) is 1. The topological polar surface area (TPSA) is 43.1 Å². The third-order valence-corrected chi connectivity index (χ3v) is 2.33. The van der Waals surface area contributed by atoms with E-state index in [0.717, 1.165) is 5.69 Å². The minimum atomic E-state index is -0.233. The average molecular weight is 201 g/mol. The summed E-state index contributed by atoms with van der Waals surface area (Å²) < 4.78 is 4.88. The molecule has 2 aromatic rings. The lowest BCUT2D eigenvalue weighted by Gasteiger charge is -2.07. The maximum Gasteiger partial charge on any atom is 0.174 e. The SMILES string of the molecule is CC(C(=O)c1ccoc1)c1ccccn1. The minimum Gasteiger partial charge on any atom is -0.472 e. The molecule has 0 aliphatic heterocycles. The van der Waals surface area contributed by atoms with Gasteiger partial charge in [0.25, 0.3) is 0 Å². The van der Waals surface area contributed by atoms with E-state index in [9.17, 15) is 4.79 Å². The zero-order chi connectivity index (χ0) is 10.7. The molecule has 0 aliphatic rings. The largest absolute Gasteiger partial charge is 0.472 e. The Morgan fingerprint density at radius 2 is 2.27 bits per heavy atom. The summed E-state index contributed by atoms with van der Waals surface area (Å²) in [4.78, 5) is 16.1. The van der Waals surface area contributed by atoms with Crippen molar-refractivity contribution in [3.63, 3.8) is 0 Å². The molecule has 0 fully saturated rings. The summed E-state index contributed by atoms with van der Waals surface area (Å²) in [7, 11) is 0. The van der Waals surface area contributed by atoms with Gasteiger partial charge in [0, 0.05) is 6.20 Å². The molecule has 3 nitrogen and oxygen atoms in total. The van der Waals surface area contributed by atoms with Gasteiger partial charge in [0.2, 0.25) is 0 Å². The molecule has 0 radical (unpaired) electrons. The van der Waals surface area contributed by atoms with Gasteiger partial charge in [-0.15, -0.1) is 0 Å². The van der Waals surface area contributed by atoms with Crippen LogP contribution >= 0.6 is 0 Å². The predicted octanol–water partition coefficient (Wildman–Crippen LogP) is 2.66. The van der Waals surface area contributed by atoms with Crippen molar-refractivity contribution in [2.45, 2.75) is 12.8 Å². The lowest BCUT2D eigenvalue weighted by Crippen LogP contribution is -2.09. The van der Waals surface area contributed by atoms with Gasteiger partial charge in [-0.1, -0.05) is 6.07 Å². The van der Waals surface area contributed by atoms with Crippen LogP contribution in [0.4, 0.5) is 0 Å². The second-order valence-electron chi connectivity index (χ2n) is 3.35. The van der Waals surface area contributed by atoms with E-state index in [1.807, 2.05) is 25.1 Å². The maximum absolute atomic E-state index is 11.9. The molecule has 0 amide bonds. The van der Waals surface area contributed by atoms with Crippen molar-refractivity contribution in [2.24, 2.45) is 0 Å². The fraction of sp³-hybridized carbons (Fsp3) is 0.167. The number of carbonyl (C=O) groups excluding carboxylic acids is 1. The van der Waals surface area contributed by atoms with Crippen LogP contribution in [0.15, 0.2) is 47.4 Å². The Morgan fingerprint density at radius 1 is 1.40 bits per heavy atom. The number of hydrogen-bond donors (Lipinski definition) is 0. The summed E-state index contributed by atoms with van der Waals surface area (Å²) in [6, 6.07) is 7.23. The molecule has 2 rings (SSSR count). The lowest BCUT2D eigenvalue weighted by molar-refractivity contribution is 0.0964. The van der Waals surface area contributed by atoms with E-state index in [4.69, 9.17) is 4.42 Å². The van der Waals surface area contributed by atoms with Crippen LogP contribution in [0.5, 0.6) is 0 Å². The number of carbonyl (C=O) groups is 1. The highest BCUT2D eigenvalue weighted by molar-refractivity contribution is 6.00. The van der Waals surface area contributed by atoms with Crippen molar-refractivity contribution in [1.82, 2.24) is 4.98 Å². The fourth-order valence-corrected chi connectivity index (χ4v) is 1.42. The zero-order valence-corrected chi connectivity index (χ0v) is 8.38. The van der Waals surface area contributed by atoms with E-state index < -0.39 is 0 Å². The van der Waals surface area contributed by atoms with Gasteiger partial charge in [0.15, 0.2) is 5.78 Å². The molecule has 15 heavy (non-hydrogen) atoms. The third kappa shape index (κ3) is 1.96. The highest BCUT2D eigenvalue weighted by atomic mass is 16.3. The first kappa shape index (κ1) is 9.65. The summed E-state index contributed by atoms with van der Waals surface area (Å²) in [5, 5.41) is 0. The zero-order valence-electron chi connectivity index (χ0n) is 8.38. The second kappa shape index (κ2) is 4.09. The van der Waals surface area contributed by atoms with Crippen LogP contribution in [0.1, 0.15) is 28.9 Å². The first-order valence-corrected chi connectivity index (χ1v) is 4.76. The molecule has 3 heteroatoms. The molecule has 2 heterocycles. The van der Waals surface area contributed by atoms with Crippen molar-refractivity contribution >= 4 is 5.78 Å². The molecular formula is C12H11NO2. The van der Waals surface area contributed by atoms with E-state index in [-0.39, 0.29) is 11.7 Å². The molecule has 0 bridgehead atoms. The van der Waals surface area contributed by atoms with Gasteiger partial charge in [0.1, 0.15) is 6.26 Å². The predicted molar refractivity (Wildman–Crippen MR) is 55.7 cm³/mol. The Hall–Kier alpha value is -1.90. The van der Waals surface area contributed by atoms with Gasteiger partial charge in [-0.2, -0.15) is 0 Å². The number of pyridine rings is 1. The van der Waals surface area contributed by atoms with Gasteiger partial charge in [-0.05, 0) is 25.1 Å². The Bertz CT molecular complexity index is 434. The van der Waals surface area contributed by atoms with Gasteiger partial charge < -0.3 is 4.42 Å². The van der Waals surface area contributed by atoms with Crippen LogP contribution in [-0.2, 0) is 0 Å². The summed E-state index contributed by atoms with van der Waals surface area (Å²) >= 11 is 0. The van der Waals surface area contributed by atoms with Crippen LogP contribution in [0, 0.1) is 0 Å². The molecule has 0 N–H and O–H groups in total. The number of ketones is 1. The summed E-state index contributed by atoms with van der Waals surface area (Å²) in [6.07, 6.45) is 4.65. The Morgan fingerprint density at radius 3 is 2.87 bits per heavy atom. The van der Waals surface area contributed by atoms with Crippen molar-refractivity contribution < 1.29 is 9.21 Å². The summed E-state index contributed by atoms with van der Waals surface area (Å²) in [5.74, 6) is -0.203. The molecular weight excluding hydrogens is 190 g/mol. The highest BCUT2D eigenvalue weighted by Gasteiger charge is 2.18. The van der Waals surface area contributed by atoms with Crippen LogP contribution in [0.25, 0.3) is 0 Å². The molecule has 0 aromatic carbocycles. The van der Waals surface area contributed by atoms with E-state index in [1.165, 1.54) is 12.5 Å². The number of aromatic nitrogens is 1. The van der Waals surface area contributed by atoms with Gasteiger partial charge >= 0.3 is 0 Å². The third-order valence-electron chi connectivity index (χ3n) is 2.33.